The molecule has 1 aliphatic rings. The van der Waals surface area contributed by atoms with Crippen LogP contribution in [0.25, 0.3) is 28.1 Å². The Kier molecular flexibility index (Phi) is 3.99. The summed E-state index contributed by atoms with van der Waals surface area (Å²) in [5.74, 6) is 0.360. The van der Waals surface area contributed by atoms with Crippen molar-refractivity contribution >= 4 is 26.7 Å². The molecule has 0 spiro atoms. The average Bonchev–Trinajstić information content (AvgIpc) is 3.42. The lowest BCUT2D eigenvalue weighted by atomic mass is 10.2. The van der Waals surface area contributed by atoms with Gasteiger partial charge in [0.2, 0.25) is 10.0 Å². The summed E-state index contributed by atoms with van der Waals surface area (Å²) < 4.78 is 28.2. The van der Waals surface area contributed by atoms with E-state index in [0.717, 1.165) is 6.26 Å². The van der Waals surface area contributed by atoms with E-state index >= 15 is 0 Å². The molecule has 0 amide bonds. The molecule has 0 unspecified atom stereocenters. The molecular formula is C18H16N8O3S. The molecule has 30 heavy (non-hydrogen) atoms. The normalized spacial score (nSPS) is 17.7. The van der Waals surface area contributed by atoms with Crippen molar-refractivity contribution in [1.29, 1.82) is 5.26 Å². The molecule has 5 heterocycles. The van der Waals surface area contributed by atoms with E-state index in [0.29, 0.717) is 46.6 Å². The first kappa shape index (κ1) is 18.5. The van der Waals surface area contributed by atoms with Crippen molar-refractivity contribution in [2.45, 2.75) is 12.5 Å². The highest BCUT2D eigenvalue weighted by Gasteiger charge is 2.32. The fourth-order valence-corrected chi connectivity index (χ4v) is 4.71. The number of fused-ring (bicyclic) bond motifs is 2. The second kappa shape index (κ2) is 6.48. The lowest BCUT2D eigenvalue weighted by molar-refractivity contribution is 0.455. The number of rotatable bonds is 3. The zero-order valence-electron chi connectivity index (χ0n) is 15.8. The highest BCUT2D eigenvalue weighted by atomic mass is 32.2. The molecule has 0 bridgehead atoms. The maximum Gasteiger partial charge on any atom is 0.328 e. The van der Waals surface area contributed by atoms with Crippen molar-refractivity contribution in [2.24, 2.45) is 0 Å². The maximum absolute atomic E-state index is 12.6. The van der Waals surface area contributed by atoms with Crippen molar-refractivity contribution < 1.29 is 8.42 Å². The Morgan fingerprint density at radius 1 is 1.33 bits per heavy atom. The Morgan fingerprint density at radius 2 is 2.17 bits per heavy atom. The Labute approximate surface area is 170 Å². The predicted octanol–water partition coefficient (Wildman–Crippen LogP) is 0.512. The van der Waals surface area contributed by atoms with Gasteiger partial charge in [-0.1, -0.05) is 0 Å². The van der Waals surface area contributed by atoms with Gasteiger partial charge in [0.1, 0.15) is 5.52 Å². The number of hydrogen-bond donors (Lipinski definition) is 1. The molecule has 0 aromatic carbocycles. The van der Waals surface area contributed by atoms with Gasteiger partial charge in [0.25, 0.3) is 0 Å². The van der Waals surface area contributed by atoms with Crippen molar-refractivity contribution in [3.63, 3.8) is 0 Å². The Bertz CT molecular complexity index is 1510. The van der Waals surface area contributed by atoms with Crippen LogP contribution in [0.5, 0.6) is 0 Å². The third kappa shape index (κ3) is 2.87. The number of sulfonamides is 1. The molecule has 1 fully saturated rings. The van der Waals surface area contributed by atoms with E-state index in [4.69, 9.17) is 0 Å². The van der Waals surface area contributed by atoms with Crippen LogP contribution in [0.4, 0.5) is 0 Å². The van der Waals surface area contributed by atoms with E-state index in [1.54, 1.807) is 29.0 Å². The number of hydrogen-bond acceptors (Lipinski definition) is 7. The van der Waals surface area contributed by atoms with Gasteiger partial charge in [-0.15, -0.1) is 0 Å². The van der Waals surface area contributed by atoms with Crippen molar-refractivity contribution in [3.8, 4) is 17.5 Å². The number of H-pyrrole nitrogens is 1. The van der Waals surface area contributed by atoms with Crippen LogP contribution < -0.4 is 5.69 Å². The van der Waals surface area contributed by atoms with E-state index in [-0.39, 0.29) is 18.3 Å². The molecule has 1 saturated heterocycles. The molecule has 1 aliphatic heterocycles. The SMILES string of the molecule is CS(=O)(=O)N1CC[C@H](n2c(=O)[nH]c3cnc(-c4cnn5ccc(C#N)cc45)nc32)C1. The van der Waals surface area contributed by atoms with E-state index in [1.165, 1.54) is 15.1 Å². The molecule has 5 rings (SSSR count). The number of nitrogens with one attached hydrogen (secondary N) is 1. The largest absolute Gasteiger partial charge is 0.328 e. The highest BCUT2D eigenvalue weighted by Crippen LogP contribution is 2.27. The first-order valence-corrected chi connectivity index (χ1v) is 11.0. The van der Waals surface area contributed by atoms with Gasteiger partial charge in [-0.25, -0.2) is 32.0 Å². The molecule has 11 nitrogen and oxygen atoms in total. The predicted molar refractivity (Wildman–Crippen MR) is 107 cm³/mol. The molecule has 12 heteroatoms. The standard InChI is InChI=1S/C18H16N8O3S/c1-30(28,29)24-4-3-12(10-24)26-17-14(22-18(26)27)9-20-16(23-17)13-8-21-25-5-2-11(7-19)6-15(13)25/h2,5-6,8-9,12H,3-4,10H2,1H3,(H,22,27)/t12-/m0/s1. The van der Waals surface area contributed by atoms with Crippen LogP contribution in [-0.2, 0) is 10.0 Å². The molecule has 0 radical (unpaired) electrons. The van der Waals surface area contributed by atoms with Gasteiger partial charge in [0.05, 0.1) is 47.4 Å². The Morgan fingerprint density at radius 3 is 2.90 bits per heavy atom. The van der Waals surface area contributed by atoms with Crippen molar-refractivity contribution in [3.05, 3.63) is 46.8 Å². The van der Waals surface area contributed by atoms with Crippen LogP contribution in [0, 0.1) is 11.3 Å². The van der Waals surface area contributed by atoms with E-state index in [2.05, 4.69) is 26.1 Å². The van der Waals surface area contributed by atoms with Gasteiger partial charge >= 0.3 is 5.69 Å². The van der Waals surface area contributed by atoms with Gasteiger partial charge in [0, 0.05) is 19.3 Å². The first-order valence-electron chi connectivity index (χ1n) is 9.15. The molecule has 4 aromatic rings. The summed E-state index contributed by atoms with van der Waals surface area (Å²) in [5.41, 5.74) is 2.29. The Hall–Kier alpha value is -3.56. The number of aromatic nitrogens is 6. The van der Waals surface area contributed by atoms with Crippen LogP contribution in [0.2, 0.25) is 0 Å². The fourth-order valence-electron chi connectivity index (χ4n) is 3.83. The molecule has 1 atom stereocenters. The summed E-state index contributed by atoms with van der Waals surface area (Å²) in [6.07, 6.45) is 6.49. The van der Waals surface area contributed by atoms with Gasteiger partial charge in [0.15, 0.2) is 11.5 Å². The summed E-state index contributed by atoms with van der Waals surface area (Å²) in [4.78, 5) is 24.3. The lowest BCUT2D eigenvalue weighted by Crippen LogP contribution is -2.30. The summed E-state index contributed by atoms with van der Waals surface area (Å²) in [7, 11) is -3.33. The van der Waals surface area contributed by atoms with E-state index in [9.17, 15) is 18.5 Å². The minimum atomic E-state index is -3.33. The quantitative estimate of drug-likeness (QED) is 0.505. The van der Waals surface area contributed by atoms with Crippen molar-refractivity contribution in [2.75, 3.05) is 19.3 Å². The van der Waals surface area contributed by atoms with Crippen LogP contribution >= 0.6 is 0 Å². The number of imidazole rings is 1. The zero-order chi connectivity index (χ0) is 21.0. The third-order valence-electron chi connectivity index (χ3n) is 5.31. The first-order chi connectivity index (χ1) is 14.3. The number of aromatic amines is 1. The molecular weight excluding hydrogens is 408 g/mol. The summed E-state index contributed by atoms with van der Waals surface area (Å²) in [6.45, 7) is 0.568. The Balaban J connectivity index is 1.63. The highest BCUT2D eigenvalue weighted by molar-refractivity contribution is 7.88. The van der Waals surface area contributed by atoms with Crippen LogP contribution in [-0.4, -0.2) is 61.2 Å². The molecule has 0 saturated carbocycles. The fraction of sp³-hybridized carbons (Fsp3) is 0.278. The van der Waals surface area contributed by atoms with Crippen molar-refractivity contribution in [1.82, 2.24) is 33.4 Å². The van der Waals surface area contributed by atoms with Gasteiger partial charge in [-0.2, -0.15) is 10.4 Å². The molecule has 152 valence electrons. The molecule has 1 N–H and O–H groups in total. The number of nitriles is 1. The third-order valence-corrected chi connectivity index (χ3v) is 6.58. The van der Waals surface area contributed by atoms with Crippen LogP contribution in [0.15, 0.2) is 35.5 Å². The lowest BCUT2D eigenvalue weighted by Gasteiger charge is -2.14. The average molecular weight is 424 g/mol. The summed E-state index contributed by atoms with van der Waals surface area (Å²) in [5, 5.41) is 13.4. The number of nitrogens with zero attached hydrogens (tertiary/aromatic N) is 7. The van der Waals surface area contributed by atoms with E-state index in [1.807, 2.05) is 0 Å². The summed E-state index contributed by atoms with van der Waals surface area (Å²) in [6, 6.07) is 5.13. The second-order valence-corrected chi connectivity index (χ2v) is 9.19. The molecule has 4 aromatic heterocycles. The maximum atomic E-state index is 12.6. The van der Waals surface area contributed by atoms with Crippen LogP contribution in [0.1, 0.15) is 18.0 Å². The second-order valence-electron chi connectivity index (χ2n) is 7.21. The topological polar surface area (TPSA) is 142 Å². The minimum absolute atomic E-state index is 0.216. The van der Waals surface area contributed by atoms with Gasteiger partial charge < -0.3 is 4.98 Å². The van der Waals surface area contributed by atoms with Gasteiger partial charge in [-0.05, 0) is 18.6 Å². The van der Waals surface area contributed by atoms with Crippen LogP contribution in [0.3, 0.4) is 0 Å². The van der Waals surface area contributed by atoms with E-state index < -0.39 is 10.0 Å². The zero-order valence-corrected chi connectivity index (χ0v) is 16.7. The monoisotopic (exact) mass is 424 g/mol. The molecule has 0 aliphatic carbocycles. The summed E-state index contributed by atoms with van der Waals surface area (Å²) >= 11 is 0. The smallest absolute Gasteiger partial charge is 0.303 e. The minimum Gasteiger partial charge on any atom is -0.303 e. The number of pyridine rings is 1. The van der Waals surface area contributed by atoms with Gasteiger partial charge in [-0.3, -0.25) is 4.57 Å².